The molecule has 0 amide bonds. The van der Waals surface area contributed by atoms with Crippen LogP contribution in [0.1, 0.15) is 6.42 Å². The molecular formula is C13H15BrN4S. The van der Waals surface area contributed by atoms with Crippen molar-refractivity contribution in [2.45, 2.75) is 6.42 Å². The van der Waals surface area contributed by atoms with Crippen LogP contribution in [0.15, 0.2) is 28.1 Å². The van der Waals surface area contributed by atoms with Crippen LogP contribution in [0.4, 0.5) is 5.82 Å². The molecule has 2 aromatic rings. The highest BCUT2D eigenvalue weighted by atomic mass is 79.9. The van der Waals surface area contributed by atoms with E-state index >= 15 is 0 Å². The molecule has 3 heterocycles. The van der Waals surface area contributed by atoms with Gasteiger partial charge in [0.25, 0.3) is 0 Å². The van der Waals surface area contributed by atoms with Gasteiger partial charge in [0.15, 0.2) is 5.82 Å². The quantitative estimate of drug-likeness (QED) is 0.934. The van der Waals surface area contributed by atoms with Crippen molar-refractivity contribution < 1.29 is 0 Å². The molecule has 0 aromatic carbocycles. The van der Waals surface area contributed by atoms with Crippen molar-refractivity contribution in [3.63, 3.8) is 0 Å². The van der Waals surface area contributed by atoms with Crippen LogP contribution in [0.3, 0.4) is 0 Å². The number of hydrogen-bond donors (Lipinski definition) is 1. The second-order valence-electron chi connectivity index (χ2n) is 4.74. The molecule has 2 N–H and O–H groups in total. The van der Waals surface area contributed by atoms with Crippen molar-refractivity contribution in [2.75, 3.05) is 24.5 Å². The predicted molar refractivity (Wildman–Crippen MR) is 82.4 cm³/mol. The van der Waals surface area contributed by atoms with Gasteiger partial charge in [-0.3, -0.25) is 0 Å². The molecule has 2 aromatic heterocycles. The van der Waals surface area contributed by atoms with E-state index in [-0.39, 0.29) is 0 Å². The Bertz CT molecular complexity index is 554. The Labute approximate surface area is 124 Å². The molecule has 1 aliphatic rings. The average Bonchev–Trinajstić information content (AvgIpc) is 3.07. The summed E-state index contributed by atoms with van der Waals surface area (Å²) in [5.74, 6) is 1.55. The van der Waals surface area contributed by atoms with Crippen molar-refractivity contribution in [2.24, 2.45) is 11.7 Å². The standard InChI is InChI=1S/C13H15BrN4S/c14-10-5-12(19-8-10)11-1-2-13(17-16-11)18-4-3-9(6-15)7-18/h1-2,5,8-9H,3-4,6-7,15H2. The minimum atomic E-state index is 0.592. The molecule has 6 heteroatoms. The molecule has 100 valence electrons. The smallest absolute Gasteiger partial charge is 0.151 e. The first-order chi connectivity index (χ1) is 9.26. The lowest BCUT2D eigenvalue weighted by molar-refractivity contribution is 0.602. The van der Waals surface area contributed by atoms with Crippen molar-refractivity contribution in [1.82, 2.24) is 10.2 Å². The maximum atomic E-state index is 5.71. The van der Waals surface area contributed by atoms with Crippen molar-refractivity contribution in [3.05, 3.63) is 28.1 Å². The second-order valence-corrected chi connectivity index (χ2v) is 6.57. The maximum absolute atomic E-state index is 5.71. The number of rotatable bonds is 3. The normalized spacial score (nSPS) is 19.1. The molecule has 19 heavy (non-hydrogen) atoms. The van der Waals surface area contributed by atoms with Gasteiger partial charge < -0.3 is 10.6 Å². The highest BCUT2D eigenvalue weighted by molar-refractivity contribution is 9.10. The van der Waals surface area contributed by atoms with E-state index in [0.717, 1.165) is 46.9 Å². The lowest BCUT2D eigenvalue weighted by atomic mass is 10.1. The molecule has 0 aliphatic carbocycles. The van der Waals surface area contributed by atoms with E-state index in [1.165, 1.54) is 0 Å². The maximum Gasteiger partial charge on any atom is 0.151 e. The number of nitrogens with zero attached hydrogens (tertiary/aromatic N) is 3. The summed E-state index contributed by atoms with van der Waals surface area (Å²) >= 11 is 5.12. The topological polar surface area (TPSA) is 55.0 Å². The molecule has 1 aliphatic heterocycles. The first-order valence-corrected chi connectivity index (χ1v) is 7.96. The second kappa shape index (κ2) is 5.56. The zero-order valence-electron chi connectivity index (χ0n) is 10.4. The lowest BCUT2D eigenvalue weighted by Crippen LogP contribution is -2.23. The van der Waals surface area contributed by atoms with Crippen molar-refractivity contribution >= 4 is 33.1 Å². The summed E-state index contributed by atoms with van der Waals surface area (Å²) in [6, 6.07) is 6.15. The van der Waals surface area contributed by atoms with E-state index in [4.69, 9.17) is 5.73 Å². The van der Waals surface area contributed by atoms with E-state index in [1.54, 1.807) is 11.3 Å². The highest BCUT2D eigenvalue weighted by Gasteiger charge is 2.22. The van der Waals surface area contributed by atoms with Crippen LogP contribution in [0, 0.1) is 5.92 Å². The molecule has 0 spiro atoms. The summed E-state index contributed by atoms with van der Waals surface area (Å²) < 4.78 is 1.09. The van der Waals surface area contributed by atoms with E-state index in [0.29, 0.717) is 5.92 Å². The molecule has 0 bridgehead atoms. The SMILES string of the molecule is NCC1CCN(c2ccc(-c3cc(Br)cs3)nn2)C1. The van der Waals surface area contributed by atoms with Crippen molar-refractivity contribution in [3.8, 4) is 10.6 Å². The number of halogens is 1. The van der Waals surface area contributed by atoms with Crippen LogP contribution in [-0.4, -0.2) is 29.8 Å². The molecule has 3 rings (SSSR count). The third kappa shape index (κ3) is 2.80. The molecule has 0 radical (unpaired) electrons. The third-order valence-electron chi connectivity index (χ3n) is 3.41. The number of hydrogen-bond acceptors (Lipinski definition) is 5. The van der Waals surface area contributed by atoms with Gasteiger partial charge in [-0.25, -0.2) is 0 Å². The largest absolute Gasteiger partial charge is 0.355 e. The van der Waals surface area contributed by atoms with Crippen LogP contribution < -0.4 is 10.6 Å². The van der Waals surface area contributed by atoms with Gasteiger partial charge in [0.2, 0.25) is 0 Å². The van der Waals surface area contributed by atoms with Gasteiger partial charge in [-0.05, 0) is 53.0 Å². The summed E-state index contributed by atoms with van der Waals surface area (Å²) in [7, 11) is 0. The average molecular weight is 339 g/mol. The summed E-state index contributed by atoms with van der Waals surface area (Å²) in [5, 5.41) is 10.7. The first-order valence-electron chi connectivity index (χ1n) is 6.29. The van der Waals surface area contributed by atoms with Crippen molar-refractivity contribution in [1.29, 1.82) is 0 Å². The van der Waals surface area contributed by atoms with Crippen LogP contribution in [0.25, 0.3) is 10.6 Å². The van der Waals surface area contributed by atoms with E-state index in [1.807, 2.05) is 6.07 Å². The van der Waals surface area contributed by atoms with E-state index in [2.05, 4.69) is 48.5 Å². The van der Waals surface area contributed by atoms with Gasteiger partial charge in [-0.15, -0.1) is 21.5 Å². The molecule has 1 saturated heterocycles. The van der Waals surface area contributed by atoms with Gasteiger partial charge >= 0.3 is 0 Å². The molecule has 4 nitrogen and oxygen atoms in total. The Hall–Kier alpha value is -0.980. The van der Waals surface area contributed by atoms with E-state index in [9.17, 15) is 0 Å². The summed E-state index contributed by atoms with van der Waals surface area (Å²) in [6.07, 6.45) is 1.15. The number of nitrogens with two attached hydrogens (primary N) is 1. The zero-order valence-corrected chi connectivity index (χ0v) is 12.8. The Morgan fingerprint density at radius 2 is 2.32 bits per heavy atom. The lowest BCUT2D eigenvalue weighted by Gasteiger charge is -2.16. The fraction of sp³-hybridized carbons (Fsp3) is 0.385. The molecule has 1 fully saturated rings. The zero-order chi connectivity index (χ0) is 13.2. The van der Waals surface area contributed by atoms with Crippen LogP contribution in [0.5, 0.6) is 0 Å². The summed E-state index contributed by atoms with van der Waals surface area (Å²) in [6.45, 7) is 2.78. The fourth-order valence-corrected chi connectivity index (χ4v) is 3.70. The Balaban J connectivity index is 1.76. The van der Waals surface area contributed by atoms with Gasteiger partial charge in [-0.2, -0.15) is 0 Å². The molecular weight excluding hydrogens is 324 g/mol. The van der Waals surface area contributed by atoms with E-state index < -0.39 is 0 Å². The summed E-state index contributed by atoms with van der Waals surface area (Å²) in [5.41, 5.74) is 6.64. The predicted octanol–water partition coefficient (Wildman–Crippen LogP) is 2.75. The van der Waals surface area contributed by atoms with Crippen LogP contribution in [0.2, 0.25) is 0 Å². The molecule has 1 unspecified atom stereocenters. The van der Waals surface area contributed by atoms with Crippen LogP contribution in [-0.2, 0) is 0 Å². The summed E-state index contributed by atoms with van der Waals surface area (Å²) in [4.78, 5) is 3.39. The Kier molecular flexibility index (Phi) is 3.81. The van der Waals surface area contributed by atoms with Gasteiger partial charge in [0.1, 0.15) is 5.69 Å². The molecule has 0 saturated carbocycles. The van der Waals surface area contributed by atoms with Gasteiger partial charge in [0.05, 0.1) is 4.88 Å². The first kappa shape index (κ1) is 13.0. The number of aromatic nitrogens is 2. The molecule has 1 atom stereocenters. The third-order valence-corrected chi connectivity index (χ3v) is 5.13. The highest BCUT2D eigenvalue weighted by Crippen LogP contribution is 2.29. The number of thiophene rings is 1. The minimum absolute atomic E-state index is 0.592. The Morgan fingerprint density at radius 1 is 1.42 bits per heavy atom. The monoisotopic (exact) mass is 338 g/mol. The van der Waals surface area contributed by atoms with Gasteiger partial charge in [-0.1, -0.05) is 0 Å². The Morgan fingerprint density at radius 3 is 2.89 bits per heavy atom. The number of anilines is 1. The minimum Gasteiger partial charge on any atom is -0.355 e. The fourth-order valence-electron chi connectivity index (χ4n) is 2.31. The van der Waals surface area contributed by atoms with Crippen LogP contribution >= 0.6 is 27.3 Å². The van der Waals surface area contributed by atoms with Gasteiger partial charge in [0, 0.05) is 22.9 Å².